The van der Waals surface area contributed by atoms with Gasteiger partial charge in [-0.2, -0.15) is 0 Å². The molecule has 4 aromatic heterocycles. The number of hydrogen-bond acceptors (Lipinski definition) is 10. The number of ether oxygens (including phenoxy) is 2. The summed E-state index contributed by atoms with van der Waals surface area (Å²) in [7, 11) is 11.0. The minimum Gasteiger partial charge on any atom is -0.497 e. The number of H-pyrrole nitrogens is 4. The summed E-state index contributed by atoms with van der Waals surface area (Å²) in [5.41, 5.74) is 11.2. The summed E-state index contributed by atoms with van der Waals surface area (Å²) in [4.78, 5) is 81.3. The molecule has 0 saturated carbocycles. The fourth-order valence-corrected chi connectivity index (χ4v) is 16.8. The Balaban J connectivity index is 0.000000133. The Morgan fingerprint density at radius 1 is 0.360 bits per heavy atom. The molecule has 4 amide bonds. The summed E-state index contributed by atoms with van der Waals surface area (Å²) < 4.78 is 24.6. The van der Waals surface area contributed by atoms with E-state index in [1.54, 1.807) is 20.3 Å². The standard InChI is InChI=1S/2C24H29N3O2.C23H26ClN3O.C23H26FN3O/c1-26(24(28)22-15-19-7-3-5-9-21(19)25-22)16-18-11-13-27(14-12-18)17-20-8-4-6-10-23(20)29-2;1-26(24(28)23-15-20-5-3-4-6-22(20)25-23)16-19-11-13-27(14-12-19)17-18-7-9-21(29-2)10-8-18;2*1-26(23(28)22-14-18-6-3-5-9-21(18)25-22)15-17-10-12-27(13-11-17)16-19-7-2-4-8-20(19)24/h3-10,15,18,25H,11-14,16-17H2,1-2H3;3-10,15,19,25H,11-14,16-17H2,1-2H3;2*2-9,14,17,25H,10-13,15-16H2,1H3. The van der Waals surface area contributed by atoms with Crippen molar-refractivity contribution in [3.8, 4) is 11.5 Å². The first-order chi connectivity index (χ1) is 55.4. The van der Waals surface area contributed by atoms with Gasteiger partial charge >= 0.3 is 0 Å². The van der Waals surface area contributed by atoms with Gasteiger partial charge < -0.3 is 49.0 Å². The second-order valence-corrected chi connectivity index (χ2v) is 32.0. The van der Waals surface area contributed by atoms with Crippen molar-refractivity contribution >= 4 is 78.8 Å². The number of methoxy groups -OCH3 is 2. The molecule has 0 aliphatic carbocycles. The molecular formula is C94H110ClFN12O6. The number of aromatic amines is 4. The van der Waals surface area contributed by atoms with Crippen LogP contribution in [0, 0.1) is 29.5 Å². The predicted molar refractivity (Wildman–Crippen MR) is 457 cm³/mol. The number of amides is 4. The Kier molecular flexibility index (Phi) is 28.2. The van der Waals surface area contributed by atoms with Crippen LogP contribution in [0.25, 0.3) is 43.6 Å². The van der Waals surface area contributed by atoms with Crippen molar-refractivity contribution in [3.05, 3.63) is 274 Å². The molecule has 4 aliphatic rings. The molecule has 596 valence electrons. The lowest BCUT2D eigenvalue weighted by Gasteiger charge is -2.34. The van der Waals surface area contributed by atoms with Crippen molar-refractivity contribution in [1.29, 1.82) is 0 Å². The van der Waals surface area contributed by atoms with E-state index in [4.69, 9.17) is 21.1 Å². The highest BCUT2D eigenvalue weighted by Crippen LogP contribution is 2.30. The molecule has 16 rings (SSSR count). The van der Waals surface area contributed by atoms with Crippen molar-refractivity contribution in [3.63, 3.8) is 0 Å². The average molecular weight is 1560 g/mol. The van der Waals surface area contributed by atoms with E-state index in [0.717, 1.165) is 215 Å². The molecule has 0 unspecified atom stereocenters. The van der Waals surface area contributed by atoms with E-state index in [-0.39, 0.29) is 29.4 Å². The molecular weight excluding hydrogens is 1450 g/mol. The van der Waals surface area contributed by atoms with Gasteiger partial charge in [-0.05, 0) is 217 Å². The second kappa shape index (κ2) is 39.5. The minimum atomic E-state index is -0.131. The number of piperidine rings is 4. The molecule has 4 fully saturated rings. The van der Waals surface area contributed by atoms with Crippen molar-refractivity contribution in [2.75, 3.05) is 121 Å². The largest absolute Gasteiger partial charge is 0.497 e. The Bertz CT molecular complexity index is 4830. The van der Waals surface area contributed by atoms with Crippen LogP contribution in [0.3, 0.4) is 0 Å². The summed E-state index contributed by atoms with van der Waals surface area (Å²) in [6.07, 6.45) is 8.74. The van der Waals surface area contributed by atoms with E-state index in [2.05, 4.69) is 69.9 Å². The number of carbonyl (C=O) groups is 4. The SMILES string of the molecule is CN(CC1CCN(Cc2ccccc2Cl)CC1)C(=O)c1cc2ccccc2[nH]1.CN(CC1CCN(Cc2ccccc2F)CC1)C(=O)c1cc2ccccc2[nH]1.COc1ccc(CN2CCC(CN(C)C(=O)c3cc4ccccc4[nH]3)CC2)cc1.COc1ccccc1CN1CCC(CN(C)C(=O)c2cc3ccccc3[nH]2)CC1. The van der Waals surface area contributed by atoms with E-state index in [1.807, 2.05) is 224 Å². The van der Waals surface area contributed by atoms with Gasteiger partial charge in [-0.1, -0.05) is 151 Å². The third kappa shape index (κ3) is 21.9. The third-order valence-corrected chi connectivity index (χ3v) is 23.6. The molecule has 8 heterocycles. The van der Waals surface area contributed by atoms with E-state index < -0.39 is 0 Å². The summed E-state index contributed by atoms with van der Waals surface area (Å²) >= 11 is 6.29. The van der Waals surface area contributed by atoms with Crippen molar-refractivity contribution in [2.45, 2.75) is 77.5 Å². The molecule has 4 N–H and O–H groups in total. The summed E-state index contributed by atoms with van der Waals surface area (Å²) in [5.74, 6) is 4.08. The number of halogens is 2. The van der Waals surface area contributed by atoms with Gasteiger partial charge in [0.25, 0.3) is 23.6 Å². The fourth-order valence-electron chi connectivity index (χ4n) is 16.6. The number of carbonyl (C=O) groups excluding carboxylic acids is 4. The maximum atomic E-state index is 13.8. The van der Waals surface area contributed by atoms with Gasteiger partial charge in [-0.15, -0.1) is 0 Å². The van der Waals surface area contributed by atoms with Gasteiger partial charge in [0.15, 0.2) is 0 Å². The first-order valence-electron chi connectivity index (χ1n) is 40.4. The smallest absolute Gasteiger partial charge is 0.270 e. The van der Waals surface area contributed by atoms with Gasteiger partial charge in [-0.25, -0.2) is 4.39 Å². The quantitative estimate of drug-likeness (QED) is 0.0511. The zero-order valence-corrected chi connectivity index (χ0v) is 67.6. The molecule has 12 aromatic rings. The van der Waals surface area contributed by atoms with E-state index in [9.17, 15) is 23.6 Å². The molecule has 8 aromatic carbocycles. The average Bonchev–Trinajstić information content (AvgIpc) is 1.69. The van der Waals surface area contributed by atoms with Gasteiger partial charge in [0, 0.05) is 140 Å². The Morgan fingerprint density at radius 2 is 0.649 bits per heavy atom. The zero-order valence-electron chi connectivity index (χ0n) is 66.8. The van der Waals surface area contributed by atoms with Crippen molar-refractivity contribution < 1.29 is 33.0 Å². The van der Waals surface area contributed by atoms with Gasteiger partial charge in [0.2, 0.25) is 0 Å². The molecule has 20 heteroatoms. The van der Waals surface area contributed by atoms with E-state index in [1.165, 1.54) is 22.8 Å². The highest BCUT2D eigenvalue weighted by molar-refractivity contribution is 6.31. The van der Waals surface area contributed by atoms with Crippen LogP contribution in [0.2, 0.25) is 5.02 Å². The summed E-state index contributed by atoms with van der Waals surface area (Å²) in [6.45, 7) is 14.8. The second-order valence-electron chi connectivity index (χ2n) is 31.5. The minimum absolute atomic E-state index is 0.0324. The predicted octanol–water partition coefficient (Wildman–Crippen LogP) is 17.4. The number of nitrogens with zero attached hydrogens (tertiary/aromatic N) is 8. The molecule has 4 saturated heterocycles. The topological polar surface area (TPSA) is 176 Å². The van der Waals surface area contributed by atoms with Crippen LogP contribution < -0.4 is 9.47 Å². The third-order valence-electron chi connectivity index (χ3n) is 23.2. The lowest BCUT2D eigenvalue weighted by atomic mass is 9.95. The monoisotopic (exact) mass is 1560 g/mol. The number of para-hydroxylation sites is 5. The number of aromatic nitrogens is 4. The fraction of sp³-hybridized carbons (Fsp3) is 0.362. The molecule has 4 aliphatic heterocycles. The Hall–Kier alpha value is -10.5. The molecule has 0 atom stereocenters. The number of likely N-dealkylation sites (tertiary alicyclic amines) is 4. The van der Waals surface area contributed by atoms with Crippen LogP contribution in [0.4, 0.5) is 4.39 Å². The zero-order chi connectivity index (χ0) is 79.5. The highest BCUT2D eigenvalue weighted by Gasteiger charge is 2.29. The number of fused-ring (bicyclic) bond motifs is 4. The van der Waals surface area contributed by atoms with Crippen molar-refractivity contribution in [2.24, 2.45) is 23.7 Å². The summed E-state index contributed by atoms with van der Waals surface area (Å²) in [6, 6.07) is 71.3. The van der Waals surface area contributed by atoms with E-state index >= 15 is 0 Å². The van der Waals surface area contributed by atoms with Crippen LogP contribution in [0.5, 0.6) is 11.5 Å². The Labute approximate surface area is 675 Å². The first-order valence-corrected chi connectivity index (χ1v) is 40.8. The van der Waals surface area contributed by atoms with E-state index in [0.29, 0.717) is 53.0 Å². The van der Waals surface area contributed by atoms with Crippen LogP contribution in [0.1, 0.15) is 116 Å². The molecule has 18 nitrogen and oxygen atoms in total. The molecule has 114 heavy (non-hydrogen) atoms. The Morgan fingerprint density at radius 3 is 0.982 bits per heavy atom. The van der Waals surface area contributed by atoms with Gasteiger partial charge in [-0.3, -0.25) is 38.8 Å². The molecule has 0 bridgehead atoms. The lowest BCUT2D eigenvalue weighted by molar-refractivity contribution is 0.0726. The van der Waals surface area contributed by atoms with Crippen LogP contribution in [-0.2, 0) is 26.2 Å². The normalized spacial score (nSPS) is 15.6. The number of rotatable bonds is 22. The number of benzene rings is 8. The number of nitrogens with one attached hydrogen (secondary N) is 4. The lowest BCUT2D eigenvalue weighted by Crippen LogP contribution is -2.39. The molecule has 0 radical (unpaired) electrons. The van der Waals surface area contributed by atoms with Crippen LogP contribution in [-0.4, -0.2) is 204 Å². The van der Waals surface area contributed by atoms with Crippen molar-refractivity contribution in [1.82, 2.24) is 59.1 Å². The van der Waals surface area contributed by atoms with Crippen LogP contribution >= 0.6 is 11.6 Å². The van der Waals surface area contributed by atoms with Gasteiger partial charge in [0.05, 0.1) is 14.2 Å². The first kappa shape index (κ1) is 81.5. The maximum Gasteiger partial charge on any atom is 0.270 e. The van der Waals surface area contributed by atoms with Crippen LogP contribution in [0.15, 0.2) is 218 Å². The summed E-state index contributed by atoms with van der Waals surface area (Å²) in [5, 5.41) is 5.13. The highest BCUT2D eigenvalue weighted by atomic mass is 35.5. The maximum absolute atomic E-state index is 13.8. The molecule has 0 spiro atoms. The van der Waals surface area contributed by atoms with Gasteiger partial charge in [0.1, 0.15) is 40.1 Å². The number of hydrogen-bond donors (Lipinski definition) is 4.